The molecule has 0 aromatic rings. The van der Waals surface area contributed by atoms with Gasteiger partial charge in [0.2, 0.25) is 0 Å². The minimum atomic E-state index is 0.992. The van der Waals surface area contributed by atoms with Crippen molar-refractivity contribution in [3.8, 4) is 0 Å². The van der Waals surface area contributed by atoms with Crippen LogP contribution in [0.25, 0.3) is 0 Å². The Labute approximate surface area is 112 Å². The molecule has 4 aliphatic rings. The predicted octanol–water partition coefficient (Wildman–Crippen LogP) is 3.98. The van der Waals surface area contributed by atoms with Gasteiger partial charge < -0.3 is 4.74 Å². The van der Waals surface area contributed by atoms with Crippen molar-refractivity contribution < 1.29 is 4.74 Å². The lowest BCUT2D eigenvalue weighted by Gasteiger charge is -2.38. The Bertz CT molecular complexity index is 326. The highest BCUT2D eigenvalue weighted by Crippen LogP contribution is 2.69. The van der Waals surface area contributed by atoms with Gasteiger partial charge in [0.15, 0.2) is 0 Å². The average molecular weight is 248 g/mol. The molecule has 0 aromatic carbocycles. The van der Waals surface area contributed by atoms with Gasteiger partial charge in [-0.15, -0.1) is 0 Å². The summed E-state index contributed by atoms with van der Waals surface area (Å²) in [6, 6.07) is 0. The van der Waals surface area contributed by atoms with E-state index in [-0.39, 0.29) is 0 Å². The van der Waals surface area contributed by atoms with Crippen LogP contribution in [0.15, 0.2) is 0 Å². The monoisotopic (exact) mass is 248 g/mol. The smallest absolute Gasteiger partial charge is 0.0465 e. The Morgan fingerprint density at radius 1 is 0.944 bits per heavy atom. The van der Waals surface area contributed by atoms with Gasteiger partial charge in [-0.1, -0.05) is 13.3 Å². The van der Waals surface area contributed by atoms with Crippen LogP contribution in [0, 0.1) is 47.3 Å². The van der Waals surface area contributed by atoms with Crippen molar-refractivity contribution in [2.45, 2.75) is 45.4 Å². The third kappa shape index (κ3) is 1.43. The van der Waals surface area contributed by atoms with Gasteiger partial charge in [-0.3, -0.25) is 0 Å². The number of rotatable bonds is 3. The summed E-state index contributed by atoms with van der Waals surface area (Å²) in [5.41, 5.74) is 0. The van der Waals surface area contributed by atoms with E-state index < -0.39 is 0 Å². The molecule has 0 saturated heterocycles. The first-order valence-corrected chi connectivity index (χ1v) is 8.30. The average Bonchev–Trinajstić information content (AvgIpc) is 3.05. The maximum Gasteiger partial charge on any atom is 0.0465 e. The van der Waals surface area contributed by atoms with Crippen molar-refractivity contribution in [1.29, 1.82) is 0 Å². The van der Waals surface area contributed by atoms with Crippen molar-refractivity contribution in [2.24, 2.45) is 47.3 Å². The normalized spacial score (nSPS) is 57.0. The van der Waals surface area contributed by atoms with Crippen LogP contribution < -0.4 is 0 Å². The number of methoxy groups -OCH3 is 1. The van der Waals surface area contributed by atoms with Crippen molar-refractivity contribution in [1.82, 2.24) is 0 Å². The summed E-state index contributed by atoms with van der Waals surface area (Å²) in [5, 5.41) is 0. The van der Waals surface area contributed by atoms with Crippen molar-refractivity contribution in [2.75, 3.05) is 13.7 Å². The minimum absolute atomic E-state index is 0.992. The number of ether oxygens (including phenoxy) is 1. The largest absolute Gasteiger partial charge is 0.385 e. The summed E-state index contributed by atoms with van der Waals surface area (Å²) in [7, 11) is 1.86. The fraction of sp³-hybridized carbons (Fsp3) is 1.00. The fourth-order valence-electron chi connectivity index (χ4n) is 7.04. The third-order valence-corrected chi connectivity index (χ3v) is 7.27. The number of hydrogen-bond donors (Lipinski definition) is 0. The highest BCUT2D eigenvalue weighted by molar-refractivity contribution is 5.11. The van der Waals surface area contributed by atoms with Crippen molar-refractivity contribution in [3.05, 3.63) is 0 Å². The summed E-state index contributed by atoms with van der Waals surface area (Å²) in [5.74, 6) is 8.77. The molecule has 4 saturated carbocycles. The van der Waals surface area contributed by atoms with Gasteiger partial charge >= 0.3 is 0 Å². The first kappa shape index (κ1) is 11.8. The van der Waals surface area contributed by atoms with Gasteiger partial charge in [0.25, 0.3) is 0 Å². The molecule has 1 nitrogen and oxygen atoms in total. The SMILES string of the molecule is COCCC1CC(C)C2C3CC(C4CCCC43)C12. The van der Waals surface area contributed by atoms with E-state index in [1.807, 2.05) is 7.11 Å². The van der Waals surface area contributed by atoms with E-state index in [1.54, 1.807) is 25.7 Å². The lowest BCUT2D eigenvalue weighted by Crippen LogP contribution is -2.33. The molecule has 4 rings (SSSR count). The maximum atomic E-state index is 5.35. The molecule has 8 unspecified atom stereocenters. The molecular weight excluding hydrogens is 220 g/mol. The third-order valence-electron chi connectivity index (χ3n) is 7.27. The van der Waals surface area contributed by atoms with E-state index in [2.05, 4.69) is 6.92 Å². The van der Waals surface area contributed by atoms with Crippen LogP contribution in [0.4, 0.5) is 0 Å². The standard InChI is InChI=1S/C17H28O/c1-10-8-11(6-7-18-2)17-15-9-14(16(10)17)12-4-3-5-13(12)15/h10-17H,3-9H2,1-2H3. The summed E-state index contributed by atoms with van der Waals surface area (Å²) >= 11 is 0. The molecule has 0 radical (unpaired) electrons. The van der Waals surface area contributed by atoms with Crippen molar-refractivity contribution in [3.63, 3.8) is 0 Å². The molecule has 0 N–H and O–H groups in total. The summed E-state index contributed by atoms with van der Waals surface area (Å²) in [6.45, 7) is 3.54. The highest BCUT2D eigenvalue weighted by atomic mass is 16.5. The fourth-order valence-corrected chi connectivity index (χ4v) is 7.04. The van der Waals surface area contributed by atoms with Crippen LogP contribution in [-0.2, 0) is 4.74 Å². The van der Waals surface area contributed by atoms with Crippen LogP contribution in [-0.4, -0.2) is 13.7 Å². The molecule has 18 heavy (non-hydrogen) atoms. The molecular formula is C17H28O. The maximum absolute atomic E-state index is 5.35. The van der Waals surface area contributed by atoms with Gasteiger partial charge in [-0.25, -0.2) is 0 Å². The lowest BCUT2D eigenvalue weighted by molar-refractivity contribution is 0.0868. The second-order valence-corrected chi connectivity index (χ2v) is 7.73. The minimum Gasteiger partial charge on any atom is -0.385 e. The Morgan fingerprint density at radius 3 is 2.39 bits per heavy atom. The quantitative estimate of drug-likeness (QED) is 0.734. The Kier molecular flexibility index (Phi) is 2.76. The van der Waals surface area contributed by atoms with Crippen LogP contribution in [0.2, 0.25) is 0 Å². The second-order valence-electron chi connectivity index (χ2n) is 7.73. The zero-order chi connectivity index (χ0) is 12.3. The molecule has 1 heteroatoms. The molecule has 102 valence electrons. The number of fused-ring (bicyclic) bond motifs is 8. The Hall–Kier alpha value is -0.0400. The van der Waals surface area contributed by atoms with Crippen molar-refractivity contribution >= 4 is 0 Å². The Morgan fingerprint density at radius 2 is 1.67 bits per heavy atom. The molecule has 0 heterocycles. The molecule has 0 spiro atoms. The molecule has 4 fully saturated rings. The molecule has 0 aliphatic heterocycles. The van der Waals surface area contributed by atoms with E-state index in [0.29, 0.717) is 0 Å². The summed E-state index contributed by atoms with van der Waals surface area (Å²) < 4.78 is 5.35. The van der Waals surface area contributed by atoms with Crippen LogP contribution in [0.1, 0.15) is 45.4 Å². The summed E-state index contributed by atoms with van der Waals surface area (Å²) in [4.78, 5) is 0. The van der Waals surface area contributed by atoms with Crippen LogP contribution in [0.3, 0.4) is 0 Å². The topological polar surface area (TPSA) is 9.23 Å². The molecule has 0 amide bonds. The van der Waals surface area contributed by atoms with E-state index in [4.69, 9.17) is 4.74 Å². The van der Waals surface area contributed by atoms with Crippen LogP contribution >= 0.6 is 0 Å². The first-order valence-electron chi connectivity index (χ1n) is 8.30. The van der Waals surface area contributed by atoms with E-state index in [0.717, 1.165) is 54.0 Å². The molecule has 8 atom stereocenters. The highest BCUT2D eigenvalue weighted by Gasteiger charge is 2.63. The zero-order valence-corrected chi connectivity index (χ0v) is 12.0. The van der Waals surface area contributed by atoms with Gasteiger partial charge in [-0.2, -0.15) is 0 Å². The predicted molar refractivity (Wildman–Crippen MR) is 73.2 cm³/mol. The molecule has 0 aromatic heterocycles. The number of hydrogen-bond acceptors (Lipinski definition) is 1. The lowest BCUT2D eigenvalue weighted by atomic mass is 9.67. The van der Waals surface area contributed by atoms with E-state index in [1.165, 1.54) is 12.8 Å². The van der Waals surface area contributed by atoms with E-state index >= 15 is 0 Å². The zero-order valence-electron chi connectivity index (χ0n) is 12.0. The van der Waals surface area contributed by atoms with Gasteiger partial charge in [-0.05, 0) is 79.4 Å². The Balaban J connectivity index is 1.57. The van der Waals surface area contributed by atoms with Gasteiger partial charge in [0.05, 0.1) is 0 Å². The first-order chi connectivity index (χ1) is 8.81. The summed E-state index contributed by atoms with van der Waals surface area (Å²) in [6.07, 6.45) is 9.13. The molecule has 4 aliphatic carbocycles. The second kappa shape index (κ2) is 4.23. The molecule has 2 bridgehead atoms. The van der Waals surface area contributed by atoms with Crippen LogP contribution in [0.5, 0.6) is 0 Å². The van der Waals surface area contributed by atoms with E-state index in [9.17, 15) is 0 Å². The van der Waals surface area contributed by atoms with Gasteiger partial charge in [0.1, 0.15) is 0 Å². The van der Waals surface area contributed by atoms with Gasteiger partial charge in [0, 0.05) is 13.7 Å².